The van der Waals surface area contributed by atoms with Crippen molar-refractivity contribution < 1.29 is 32.2 Å². The number of piperidine rings is 1. The van der Waals surface area contributed by atoms with E-state index in [0.29, 0.717) is 56.0 Å². The molecule has 3 aliphatic rings. The zero-order valence-electron chi connectivity index (χ0n) is 21.4. The van der Waals surface area contributed by atoms with Gasteiger partial charge in [-0.3, -0.25) is 4.79 Å². The molecule has 3 fully saturated rings. The average molecular weight is 535 g/mol. The highest BCUT2D eigenvalue weighted by Gasteiger charge is 2.58. The third-order valence-corrected chi connectivity index (χ3v) is 8.46. The van der Waals surface area contributed by atoms with Crippen molar-refractivity contribution >= 4 is 5.91 Å². The van der Waals surface area contributed by atoms with Crippen molar-refractivity contribution in [3.05, 3.63) is 53.8 Å². The van der Waals surface area contributed by atoms with E-state index in [2.05, 4.69) is 0 Å². The largest absolute Gasteiger partial charge is 0.493 e. The van der Waals surface area contributed by atoms with E-state index >= 15 is 0 Å². The van der Waals surface area contributed by atoms with E-state index in [0.717, 1.165) is 12.8 Å². The maximum atomic E-state index is 14.9. The van der Waals surface area contributed by atoms with Crippen LogP contribution >= 0.6 is 0 Å². The molecular formula is C29H34F4N2O3. The summed E-state index contributed by atoms with van der Waals surface area (Å²) in [5.41, 5.74) is -0.212. The van der Waals surface area contributed by atoms with Crippen molar-refractivity contribution in [2.75, 3.05) is 39.3 Å². The molecule has 0 radical (unpaired) electrons. The Labute approximate surface area is 220 Å². The standard InChI is InChI=1S/C29H34F4N2O3/c30-26-16-22(27(37)35-15-10-23(36)17-35)4-7-25(26)21-2-5-24(6-3-21)38-18-20-8-13-34(14-9-20)19-28(11-1-12-28)29(31,32)33/h2-7,16,20,23,36H,1,8-15,17-19H2/t23-/m0/s1. The molecular weight excluding hydrogens is 500 g/mol. The summed E-state index contributed by atoms with van der Waals surface area (Å²) in [4.78, 5) is 16.0. The van der Waals surface area contributed by atoms with Gasteiger partial charge in [-0.15, -0.1) is 0 Å². The van der Waals surface area contributed by atoms with E-state index in [-0.39, 0.29) is 43.3 Å². The Morgan fingerprint density at radius 1 is 1.03 bits per heavy atom. The van der Waals surface area contributed by atoms with E-state index in [9.17, 15) is 27.5 Å². The minimum Gasteiger partial charge on any atom is -0.493 e. The predicted octanol–water partition coefficient (Wildman–Crippen LogP) is 5.52. The van der Waals surface area contributed by atoms with Crippen LogP contribution in [0.3, 0.4) is 0 Å². The van der Waals surface area contributed by atoms with Crippen LogP contribution in [0.2, 0.25) is 0 Å². The molecule has 5 nitrogen and oxygen atoms in total. The van der Waals surface area contributed by atoms with Crippen LogP contribution in [0, 0.1) is 17.2 Å². The number of alkyl halides is 3. The third kappa shape index (κ3) is 5.69. The first-order valence-electron chi connectivity index (χ1n) is 13.4. The minimum atomic E-state index is -4.13. The van der Waals surface area contributed by atoms with Crippen molar-refractivity contribution in [2.24, 2.45) is 11.3 Å². The van der Waals surface area contributed by atoms with Gasteiger partial charge in [-0.1, -0.05) is 24.6 Å². The number of aliphatic hydroxyl groups excluding tert-OH is 1. The highest BCUT2D eigenvalue weighted by atomic mass is 19.4. The van der Waals surface area contributed by atoms with Gasteiger partial charge in [0.1, 0.15) is 11.6 Å². The predicted molar refractivity (Wildman–Crippen MR) is 135 cm³/mol. The van der Waals surface area contributed by atoms with Crippen molar-refractivity contribution in [1.29, 1.82) is 0 Å². The lowest BCUT2D eigenvalue weighted by Gasteiger charge is -2.47. The number of halogens is 4. The molecule has 2 heterocycles. The second kappa shape index (κ2) is 10.8. The second-order valence-corrected chi connectivity index (χ2v) is 11.1. The summed E-state index contributed by atoms with van der Waals surface area (Å²) in [6.07, 6.45) is -1.38. The highest BCUT2D eigenvalue weighted by Crippen LogP contribution is 2.53. The van der Waals surface area contributed by atoms with Crippen molar-refractivity contribution in [2.45, 2.75) is 50.8 Å². The molecule has 1 aliphatic carbocycles. The number of carbonyl (C=O) groups is 1. The molecule has 1 saturated carbocycles. The summed E-state index contributed by atoms with van der Waals surface area (Å²) in [6, 6.07) is 11.5. The van der Waals surface area contributed by atoms with Gasteiger partial charge >= 0.3 is 6.18 Å². The van der Waals surface area contributed by atoms with Gasteiger partial charge < -0.3 is 19.6 Å². The average Bonchev–Trinajstić information content (AvgIpc) is 3.31. The number of benzene rings is 2. The first kappa shape index (κ1) is 26.9. The molecule has 2 aliphatic heterocycles. The Morgan fingerprint density at radius 2 is 1.74 bits per heavy atom. The van der Waals surface area contributed by atoms with E-state index < -0.39 is 23.5 Å². The minimum absolute atomic E-state index is 0.110. The number of ether oxygens (including phenoxy) is 1. The number of hydrogen-bond donors (Lipinski definition) is 1. The lowest BCUT2D eigenvalue weighted by atomic mass is 9.67. The number of β-amino-alcohol motifs (C(OH)–C–C–N with tert-alkyl or cyclic N) is 1. The number of hydrogen-bond acceptors (Lipinski definition) is 4. The molecule has 206 valence electrons. The fraction of sp³-hybridized carbons (Fsp3) is 0.552. The Kier molecular flexibility index (Phi) is 7.69. The molecule has 0 spiro atoms. The summed E-state index contributed by atoms with van der Waals surface area (Å²) < 4.78 is 61.3. The summed E-state index contributed by atoms with van der Waals surface area (Å²) >= 11 is 0. The number of aliphatic hydroxyl groups is 1. The van der Waals surface area contributed by atoms with Gasteiger partial charge in [0, 0.05) is 30.8 Å². The van der Waals surface area contributed by atoms with E-state index in [1.54, 1.807) is 36.4 Å². The monoisotopic (exact) mass is 534 g/mol. The summed E-state index contributed by atoms with van der Waals surface area (Å²) in [6.45, 7) is 2.64. The number of likely N-dealkylation sites (tertiary alicyclic amines) is 2. The Morgan fingerprint density at radius 3 is 2.29 bits per heavy atom. The van der Waals surface area contributed by atoms with Crippen molar-refractivity contribution in [3.63, 3.8) is 0 Å². The third-order valence-electron chi connectivity index (χ3n) is 8.46. The Bertz CT molecular complexity index is 1130. The van der Waals surface area contributed by atoms with Crippen LogP contribution in [-0.2, 0) is 0 Å². The van der Waals surface area contributed by atoms with Crippen LogP contribution in [0.5, 0.6) is 5.75 Å². The smallest absolute Gasteiger partial charge is 0.395 e. The lowest BCUT2D eigenvalue weighted by molar-refractivity contribution is -0.256. The van der Waals surface area contributed by atoms with Crippen LogP contribution in [0.15, 0.2) is 42.5 Å². The second-order valence-electron chi connectivity index (χ2n) is 11.1. The number of nitrogens with zero attached hydrogens (tertiary/aromatic N) is 2. The van der Waals surface area contributed by atoms with Gasteiger partial charge in [0.15, 0.2) is 0 Å². The van der Waals surface area contributed by atoms with Gasteiger partial charge in [0.25, 0.3) is 5.91 Å². The summed E-state index contributed by atoms with van der Waals surface area (Å²) in [5, 5.41) is 9.65. The summed E-state index contributed by atoms with van der Waals surface area (Å²) in [5.74, 6) is 0.157. The maximum absolute atomic E-state index is 14.9. The SMILES string of the molecule is O=C(c1ccc(-c2ccc(OCC3CCN(CC4(C(F)(F)F)CCC4)CC3)cc2)c(F)c1)N1CC[C@H](O)C1. The number of carbonyl (C=O) groups excluding carboxylic acids is 1. The molecule has 2 aromatic carbocycles. The maximum Gasteiger partial charge on any atom is 0.395 e. The Hall–Kier alpha value is -2.65. The fourth-order valence-corrected chi connectivity index (χ4v) is 5.81. The van der Waals surface area contributed by atoms with Crippen molar-refractivity contribution in [1.82, 2.24) is 9.80 Å². The van der Waals surface area contributed by atoms with Crippen molar-refractivity contribution in [3.8, 4) is 16.9 Å². The van der Waals surface area contributed by atoms with Gasteiger partial charge in [-0.05, 0) is 80.9 Å². The van der Waals surface area contributed by atoms with E-state index in [1.807, 2.05) is 4.90 Å². The van der Waals surface area contributed by atoms with Crippen LogP contribution < -0.4 is 4.74 Å². The molecule has 9 heteroatoms. The normalized spacial score (nSPS) is 22.3. The first-order chi connectivity index (χ1) is 18.1. The van der Waals surface area contributed by atoms with Crippen LogP contribution in [0.4, 0.5) is 17.6 Å². The quantitative estimate of drug-likeness (QED) is 0.475. The molecule has 1 amide bonds. The van der Waals surface area contributed by atoms with Crippen LogP contribution in [0.1, 0.15) is 48.9 Å². The first-order valence-corrected chi connectivity index (χ1v) is 13.4. The summed E-state index contributed by atoms with van der Waals surface area (Å²) in [7, 11) is 0. The topological polar surface area (TPSA) is 53.0 Å². The molecule has 2 aromatic rings. The van der Waals surface area contributed by atoms with Gasteiger partial charge in [0.05, 0.1) is 18.1 Å². The van der Waals surface area contributed by atoms with Gasteiger partial charge in [0.2, 0.25) is 0 Å². The zero-order chi connectivity index (χ0) is 26.9. The molecule has 0 unspecified atom stereocenters. The zero-order valence-corrected chi connectivity index (χ0v) is 21.4. The number of rotatable bonds is 7. The molecule has 1 atom stereocenters. The van der Waals surface area contributed by atoms with E-state index in [1.165, 1.54) is 11.0 Å². The molecule has 2 saturated heterocycles. The van der Waals surface area contributed by atoms with Gasteiger partial charge in [-0.2, -0.15) is 13.2 Å². The van der Waals surface area contributed by atoms with Crippen LogP contribution in [-0.4, -0.2) is 72.4 Å². The fourth-order valence-electron chi connectivity index (χ4n) is 5.81. The molecule has 1 N–H and O–H groups in total. The van der Waals surface area contributed by atoms with Crippen LogP contribution in [0.25, 0.3) is 11.1 Å². The lowest BCUT2D eigenvalue weighted by Crippen LogP contribution is -2.53. The molecule has 5 rings (SSSR count). The molecule has 0 bridgehead atoms. The highest BCUT2D eigenvalue weighted by molar-refractivity contribution is 5.95. The van der Waals surface area contributed by atoms with Gasteiger partial charge in [-0.25, -0.2) is 4.39 Å². The van der Waals surface area contributed by atoms with E-state index in [4.69, 9.17) is 4.74 Å². The molecule has 38 heavy (non-hydrogen) atoms. The molecule has 0 aromatic heterocycles. The number of amides is 1. The Balaban J connectivity index is 1.11.